The van der Waals surface area contributed by atoms with E-state index in [1.165, 1.54) is 0 Å². The number of ether oxygens (including phenoxy) is 1. The second-order valence-electron chi connectivity index (χ2n) is 5.40. The SMILES string of the molecule is CCOC(=O)c1ccccc1Nc1nncc(NCc2ccccc2)n1. The molecule has 26 heavy (non-hydrogen) atoms. The molecule has 0 atom stereocenters. The molecule has 0 unspecified atom stereocenters. The summed E-state index contributed by atoms with van der Waals surface area (Å²) in [7, 11) is 0. The minimum Gasteiger partial charge on any atom is -0.462 e. The summed E-state index contributed by atoms with van der Waals surface area (Å²) in [6.07, 6.45) is 1.55. The van der Waals surface area contributed by atoms with Gasteiger partial charge in [0.15, 0.2) is 5.82 Å². The Bertz CT molecular complexity index is 871. The Labute approximate surface area is 151 Å². The number of esters is 1. The van der Waals surface area contributed by atoms with Gasteiger partial charge < -0.3 is 15.4 Å². The van der Waals surface area contributed by atoms with E-state index in [1.54, 1.807) is 31.3 Å². The van der Waals surface area contributed by atoms with Crippen LogP contribution < -0.4 is 10.6 Å². The molecule has 0 fully saturated rings. The van der Waals surface area contributed by atoms with E-state index in [0.29, 0.717) is 36.2 Å². The van der Waals surface area contributed by atoms with E-state index in [4.69, 9.17) is 4.74 Å². The minimum absolute atomic E-state index is 0.291. The second kappa shape index (κ2) is 8.57. The molecule has 3 rings (SSSR count). The van der Waals surface area contributed by atoms with Crippen LogP contribution in [0.5, 0.6) is 0 Å². The Kier molecular flexibility index (Phi) is 5.72. The van der Waals surface area contributed by atoms with Crippen molar-refractivity contribution in [2.45, 2.75) is 13.5 Å². The molecule has 0 radical (unpaired) electrons. The lowest BCUT2D eigenvalue weighted by Gasteiger charge is -2.11. The number of aromatic nitrogens is 3. The largest absolute Gasteiger partial charge is 0.462 e. The van der Waals surface area contributed by atoms with E-state index >= 15 is 0 Å². The molecular formula is C19H19N5O2. The molecule has 2 N–H and O–H groups in total. The Morgan fingerprint density at radius 2 is 1.85 bits per heavy atom. The summed E-state index contributed by atoms with van der Waals surface area (Å²) in [5.41, 5.74) is 2.11. The average Bonchev–Trinajstić information content (AvgIpc) is 2.68. The first-order valence-electron chi connectivity index (χ1n) is 8.27. The van der Waals surface area contributed by atoms with Crippen LogP contribution in [0.25, 0.3) is 0 Å². The fourth-order valence-corrected chi connectivity index (χ4v) is 2.33. The zero-order valence-corrected chi connectivity index (χ0v) is 14.3. The number of nitrogens with one attached hydrogen (secondary N) is 2. The maximum absolute atomic E-state index is 12.1. The molecule has 0 aliphatic carbocycles. The van der Waals surface area contributed by atoms with Crippen LogP contribution >= 0.6 is 0 Å². The van der Waals surface area contributed by atoms with E-state index in [2.05, 4.69) is 25.8 Å². The van der Waals surface area contributed by atoms with Crippen LogP contribution in [0.1, 0.15) is 22.8 Å². The molecule has 0 aliphatic heterocycles. The summed E-state index contributed by atoms with van der Waals surface area (Å²) in [6.45, 7) is 2.70. The maximum atomic E-state index is 12.1. The lowest BCUT2D eigenvalue weighted by molar-refractivity contribution is 0.0527. The first kappa shape index (κ1) is 17.3. The van der Waals surface area contributed by atoms with Gasteiger partial charge in [-0.1, -0.05) is 42.5 Å². The van der Waals surface area contributed by atoms with Crippen LogP contribution in [-0.2, 0) is 11.3 Å². The quantitative estimate of drug-likeness (QED) is 0.632. The molecule has 0 aliphatic rings. The van der Waals surface area contributed by atoms with Gasteiger partial charge in [0.2, 0.25) is 5.95 Å². The highest BCUT2D eigenvalue weighted by Crippen LogP contribution is 2.20. The number of benzene rings is 2. The molecule has 2 aromatic carbocycles. The molecule has 3 aromatic rings. The van der Waals surface area contributed by atoms with E-state index < -0.39 is 5.97 Å². The van der Waals surface area contributed by atoms with E-state index in [1.807, 2.05) is 36.4 Å². The Morgan fingerprint density at radius 3 is 2.65 bits per heavy atom. The first-order valence-corrected chi connectivity index (χ1v) is 8.27. The lowest BCUT2D eigenvalue weighted by Crippen LogP contribution is -2.10. The van der Waals surface area contributed by atoms with Crippen molar-refractivity contribution in [1.82, 2.24) is 15.2 Å². The van der Waals surface area contributed by atoms with Crippen molar-refractivity contribution in [2.24, 2.45) is 0 Å². The molecular weight excluding hydrogens is 330 g/mol. The highest BCUT2D eigenvalue weighted by atomic mass is 16.5. The summed E-state index contributed by atoms with van der Waals surface area (Å²) in [5.74, 6) is 0.474. The molecule has 7 heteroatoms. The fourth-order valence-electron chi connectivity index (χ4n) is 2.33. The Morgan fingerprint density at radius 1 is 1.08 bits per heavy atom. The highest BCUT2D eigenvalue weighted by molar-refractivity contribution is 5.96. The predicted octanol–water partition coefficient (Wildman–Crippen LogP) is 3.40. The highest BCUT2D eigenvalue weighted by Gasteiger charge is 2.13. The van der Waals surface area contributed by atoms with Crippen LogP contribution in [0.15, 0.2) is 60.8 Å². The van der Waals surface area contributed by atoms with Gasteiger partial charge in [-0.25, -0.2) is 4.79 Å². The number of anilines is 3. The molecule has 1 heterocycles. The van der Waals surface area contributed by atoms with Crippen molar-refractivity contribution < 1.29 is 9.53 Å². The molecule has 1 aromatic heterocycles. The van der Waals surface area contributed by atoms with Gasteiger partial charge in [-0.3, -0.25) is 0 Å². The van der Waals surface area contributed by atoms with Gasteiger partial charge in [0.1, 0.15) is 0 Å². The lowest BCUT2D eigenvalue weighted by atomic mass is 10.2. The summed E-state index contributed by atoms with van der Waals surface area (Å²) in [5, 5.41) is 14.1. The number of para-hydroxylation sites is 1. The number of hydrogen-bond donors (Lipinski definition) is 2. The third-order valence-corrected chi connectivity index (χ3v) is 3.54. The molecule has 0 bridgehead atoms. The summed E-state index contributed by atoms with van der Waals surface area (Å²) in [6, 6.07) is 17.0. The van der Waals surface area contributed by atoms with Crippen LogP contribution in [0, 0.1) is 0 Å². The molecule has 7 nitrogen and oxygen atoms in total. The first-order chi connectivity index (χ1) is 12.8. The van der Waals surface area contributed by atoms with Gasteiger partial charge in [0.05, 0.1) is 24.1 Å². The predicted molar refractivity (Wildman–Crippen MR) is 99.3 cm³/mol. The van der Waals surface area contributed by atoms with Crippen LogP contribution in [0.4, 0.5) is 17.5 Å². The van der Waals surface area contributed by atoms with Crippen molar-refractivity contribution >= 4 is 23.4 Å². The van der Waals surface area contributed by atoms with E-state index in [-0.39, 0.29) is 0 Å². The monoisotopic (exact) mass is 349 g/mol. The van der Waals surface area contributed by atoms with Gasteiger partial charge in [0, 0.05) is 6.54 Å². The van der Waals surface area contributed by atoms with Crippen molar-refractivity contribution in [2.75, 3.05) is 17.2 Å². The zero-order chi connectivity index (χ0) is 18.2. The molecule has 132 valence electrons. The minimum atomic E-state index is -0.401. The summed E-state index contributed by atoms with van der Waals surface area (Å²) >= 11 is 0. The molecule has 0 amide bonds. The molecule has 0 saturated carbocycles. The van der Waals surface area contributed by atoms with E-state index in [0.717, 1.165) is 5.56 Å². The molecule has 0 spiro atoms. The maximum Gasteiger partial charge on any atom is 0.340 e. The zero-order valence-electron chi connectivity index (χ0n) is 14.3. The Balaban J connectivity index is 1.72. The summed E-state index contributed by atoms with van der Waals surface area (Å²) in [4.78, 5) is 16.4. The van der Waals surface area contributed by atoms with Gasteiger partial charge >= 0.3 is 5.97 Å². The van der Waals surface area contributed by atoms with Gasteiger partial charge in [0.25, 0.3) is 0 Å². The average molecular weight is 349 g/mol. The third kappa shape index (κ3) is 4.54. The molecule has 0 saturated heterocycles. The third-order valence-electron chi connectivity index (χ3n) is 3.54. The van der Waals surface area contributed by atoms with Crippen molar-refractivity contribution in [3.8, 4) is 0 Å². The van der Waals surface area contributed by atoms with Crippen molar-refractivity contribution in [1.29, 1.82) is 0 Å². The van der Waals surface area contributed by atoms with Crippen LogP contribution in [-0.4, -0.2) is 27.8 Å². The van der Waals surface area contributed by atoms with Crippen LogP contribution in [0.3, 0.4) is 0 Å². The van der Waals surface area contributed by atoms with Gasteiger partial charge in [-0.15, -0.1) is 5.10 Å². The van der Waals surface area contributed by atoms with Crippen LogP contribution in [0.2, 0.25) is 0 Å². The topological polar surface area (TPSA) is 89.0 Å². The van der Waals surface area contributed by atoms with Gasteiger partial charge in [-0.2, -0.15) is 10.1 Å². The number of hydrogen-bond acceptors (Lipinski definition) is 7. The van der Waals surface area contributed by atoms with Crippen molar-refractivity contribution in [3.63, 3.8) is 0 Å². The normalized spacial score (nSPS) is 10.2. The Hall–Kier alpha value is -3.48. The number of carbonyl (C=O) groups is 1. The summed E-state index contributed by atoms with van der Waals surface area (Å²) < 4.78 is 5.07. The van der Waals surface area contributed by atoms with E-state index in [9.17, 15) is 4.79 Å². The fraction of sp³-hybridized carbons (Fsp3) is 0.158. The number of nitrogens with zero attached hydrogens (tertiary/aromatic N) is 3. The van der Waals surface area contributed by atoms with Crippen molar-refractivity contribution in [3.05, 3.63) is 71.9 Å². The second-order valence-corrected chi connectivity index (χ2v) is 5.40. The smallest absolute Gasteiger partial charge is 0.340 e. The number of rotatable bonds is 7. The standard InChI is InChI=1S/C19H19N5O2/c1-2-26-18(25)15-10-6-7-11-16(15)22-19-23-17(13-21-24-19)20-12-14-8-4-3-5-9-14/h3-11,13H,2,12H2,1H3,(H2,20,22,23,24). The van der Waals surface area contributed by atoms with Gasteiger partial charge in [-0.05, 0) is 24.6 Å². The number of carbonyl (C=O) groups excluding carboxylic acids is 1.